The van der Waals surface area contributed by atoms with Gasteiger partial charge in [-0.2, -0.15) is 0 Å². The number of nitrogens with zero attached hydrogens (tertiary/aromatic N) is 2. The molecule has 0 N–H and O–H groups in total. The highest BCUT2D eigenvalue weighted by Crippen LogP contribution is 2.25. The summed E-state index contributed by atoms with van der Waals surface area (Å²) in [6.07, 6.45) is 0.626. The number of hydrogen-bond donors (Lipinski definition) is 0. The van der Waals surface area contributed by atoms with E-state index >= 15 is 0 Å². The van der Waals surface area contributed by atoms with Gasteiger partial charge in [0.1, 0.15) is 11.5 Å². The second-order valence-electron chi connectivity index (χ2n) is 6.09. The monoisotopic (exact) mass is 328 g/mol. The molecule has 0 fully saturated rings. The number of aromatic nitrogens is 1. The van der Waals surface area contributed by atoms with Crippen molar-refractivity contribution in [2.75, 3.05) is 13.7 Å². The fraction of sp³-hybridized carbons (Fsp3) is 0.389. The first-order valence-electron chi connectivity index (χ1n) is 7.96. The average Bonchev–Trinajstić information content (AvgIpc) is 3.04. The molecule has 0 radical (unpaired) electrons. The molecule has 6 nitrogen and oxygen atoms in total. The Morgan fingerprint density at radius 1 is 1.25 bits per heavy atom. The lowest BCUT2D eigenvalue weighted by molar-refractivity contribution is 0.0588. The van der Waals surface area contributed by atoms with E-state index in [1.807, 2.05) is 13.8 Å². The molecule has 3 rings (SSSR count). The van der Waals surface area contributed by atoms with Gasteiger partial charge in [-0.15, -0.1) is 0 Å². The Hall–Kier alpha value is -2.63. The van der Waals surface area contributed by atoms with Gasteiger partial charge < -0.3 is 14.1 Å². The summed E-state index contributed by atoms with van der Waals surface area (Å²) in [6, 6.07) is 6.69. The summed E-state index contributed by atoms with van der Waals surface area (Å²) in [5.41, 5.74) is 1.42. The molecule has 24 heavy (non-hydrogen) atoms. The number of carbonyl (C=O) groups is 2. The van der Waals surface area contributed by atoms with Crippen molar-refractivity contribution in [3.63, 3.8) is 0 Å². The number of fused-ring (bicyclic) bond motifs is 1. The van der Waals surface area contributed by atoms with E-state index < -0.39 is 5.97 Å². The smallest absolute Gasteiger partial charge is 0.338 e. The lowest BCUT2D eigenvalue weighted by Gasteiger charge is -2.26. The van der Waals surface area contributed by atoms with Crippen LogP contribution in [0, 0.1) is 0 Å². The Bertz CT molecular complexity index is 779. The number of amides is 1. The number of hydrogen-bond acceptors (Lipinski definition) is 5. The van der Waals surface area contributed by atoms with Gasteiger partial charge in [-0.3, -0.25) is 4.79 Å². The second kappa shape index (κ2) is 6.47. The van der Waals surface area contributed by atoms with E-state index in [-0.39, 0.29) is 17.4 Å². The Kier molecular flexibility index (Phi) is 4.38. The number of ether oxygens (including phenoxy) is 1. The van der Waals surface area contributed by atoms with E-state index in [9.17, 15) is 9.59 Å². The molecule has 1 aromatic carbocycles. The van der Waals surface area contributed by atoms with E-state index in [1.54, 1.807) is 29.2 Å². The van der Waals surface area contributed by atoms with Gasteiger partial charge >= 0.3 is 5.97 Å². The molecule has 1 aliphatic rings. The third kappa shape index (κ3) is 2.91. The molecule has 0 aliphatic carbocycles. The Labute approximate surface area is 140 Å². The van der Waals surface area contributed by atoms with E-state index in [0.717, 1.165) is 11.5 Å². The highest BCUT2D eigenvalue weighted by atomic mass is 16.5. The van der Waals surface area contributed by atoms with E-state index in [2.05, 4.69) is 4.98 Å². The van der Waals surface area contributed by atoms with E-state index in [0.29, 0.717) is 31.0 Å². The van der Waals surface area contributed by atoms with Crippen molar-refractivity contribution in [3.8, 4) is 0 Å². The van der Waals surface area contributed by atoms with Crippen molar-refractivity contribution in [2.45, 2.75) is 32.7 Å². The maximum absolute atomic E-state index is 12.9. The third-order valence-corrected chi connectivity index (χ3v) is 4.09. The minimum atomic E-state index is -0.514. The van der Waals surface area contributed by atoms with Crippen molar-refractivity contribution in [3.05, 3.63) is 52.7 Å². The van der Waals surface area contributed by atoms with Gasteiger partial charge in [0.15, 0.2) is 5.89 Å². The van der Waals surface area contributed by atoms with Crippen molar-refractivity contribution >= 4 is 11.9 Å². The van der Waals surface area contributed by atoms with Crippen molar-refractivity contribution in [2.24, 2.45) is 0 Å². The van der Waals surface area contributed by atoms with Crippen LogP contribution in [0.15, 0.2) is 28.7 Å². The minimum Gasteiger partial charge on any atom is -0.465 e. The molecule has 6 heteroatoms. The van der Waals surface area contributed by atoms with Gasteiger partial charge in [0.25, 0.3) is 5.91 Å². The van der Waals surface area contributed by atoms with Gasteiger partial charge in [0.2, 0.25) is 0 Å². The molecule has 126 valence electrons. The predicted octanol–water partition coefficient (Wildman–Crippen LogP) is 2.78. The molecule has 0 spiro atoms. The number of methoxy groups -OCH3 is 1. The second-order valence-corrected chi connectivity index (χ2v) is 6.09. The maximum atomic E-state index is 12.9. The molecule has 0 bridgehead atoms. The maximum Gasteiger partial charge on any atom is 0.338 e. The number of benzene rings is 1. The first-order valence-corrected chi connectivity index (χ1v) is 7.96. The minimum absolute atomic E-state index is 0.198. The van der Waals surface area contributed by atoms with Crippen LogP contribution in [0.4, 0.5) is 0 Å². The zero-order valence-electron chi connectivity index (χ0n) is 14.0. The zero-order valence-corrected chi connectivity index (χ0v) is 14.0. The summed E-state index contributed by atoms with van der Waals surface area (Å²) >= 11 is 0. The van der Waals surface area contributed by atoms with Crippen LogP contribution in [0.3, 0.4) is 0 Å². The molecule has 0 atom stereocenters. The molecule has 1 aliphatic heterocycles. The highest BCUT2D eigenvalue weighted by molar-refractivity contribution is 6.05. The van der Waals surface area contributed by atoms with Gasteiger partial charge in [0.05, 0.1) is 24.8 Å². The summed E-state index contributed by atoms with van der Waals surface area (Å²) in [6.45, 7) is 4.97. The molecule has 0 unspecified atom stereocenters. The van der Waals surface area contributed by atoms with Crippen LogP contribution in [-0.2, 0) is 17.7 Å². The molecule has 1 aromatic heterocycles. The number of rotatable bonds is 3. The van der Waals surface area contributed by atoms with Gasteiger partial charge in [-0.25, -0.2) is 9.78 Å². The van der Waals surface area contributed by atoms with Crippen LogP contribution in [0.2, 0.25) is 0 Å². The van der Waals surface area contributed by atoms with Gasteiger partial charge in [0, 0.05) is 18.9 Å². The largest absolute Gasteiger partial charge is 0.465 e. The fourth-order valence-electron chi connectivity index (χ4n) is 2.77. The first-order chi connectivity index (χ1) is 11.5. The van der Waals surface area contributed by atoms with Crippen molar-refractivity contribution in [1.82, 2.24) is 9.88 Å². The standard InChI is InChI=1S/C18H20N2O4/c1-11(2)16-19-14-10-20(9-8-15(14)24-16)17(21)12-6-4-5-7-13(12)18(22)23-3/h4-7,11H,8-10H2,1-3H3. The van der Waals surface area contributed by atoms with Crippen molar-refractivity contribution < 1.29 is 18.7 Å². The van der Waals surface area contributed by atoms with Crippen LogP contribution >= 0.6 is 0 Å². The average molecular weight is 328 g/mol. The molecular formula is C18H20N2O4. The Morgan fingerprint density at radius 3 is 2.62 bits per heavy atom. The molecule has 2 heterocycles. The Balaban J connectivity index is 1.86. The molecular weight excluding hydrogens is 308 g/mol. The topological polar surface area (TPSA) is 72.6 Å². The van der Waals surface area contributed by atoms with Crippen LogP contribution in [0.5, 0.6) is 0 Å². The van der Waals surface area contributed by atoms with E-state index in [4.69, 9.17) is 9.15 Å². The lowest BCUT2D eigenvalue weighted by atomic mass is 10.0. The summed E-state index contributed by atoms with van der Waals surface area (Å²) in [5.74, 6) is 1.05. The number of esters is 1. The van der Waals surface area contributed by atoms with E-state index in [1.165, 1.54) is 7.11 Å². The lowest BCUT2D eigenvalue weighted by Crippen LogP contribution is -2.36. The molecule has 0 saturated carbocycles. The normalized spacial score (nSPS) is 13.8. The predicted molar refractivity (Wildman–Crippen MR) is 86.8 cm³/mol. The quantitative estimate of drug-likeness (QED) is 0.810. The fourth-order valence-corrected chi connectivity index (χ4v) is 2.77. The first kappa shape index (κ1) is 16.2. The number of oxazole rings is 1. The van der Waals surface area contributed by atoms with Crippen LogP contribution in [-0.4, -0.2) is 35.4 Å². The highest BCUT2D eigenvalue weighted by Gasteiger charge is 2.28. The SMILES string of the molecule is COC(=O)c1ccccc1C(=O)N1CCc2oc(C(C)C)nc2C1. The third-order valence-electron chi connectivity index (χ3n) is 4.09. The zero-order chi connectivity index (χ0) is 17.3. The van der Waals surface area contributed by atoms with Crippen LogP contribution in [0.25, 0.3) is 0 Å². The number of carbonyl (C=O) groups excluding carboxylic acids is 2. The molecule has 1 amide bonds. The molecule has 2 aromatic rings. The van der Waals surface area contributed by atoms with Gasteiger partial charge in [-0.05, 0) is 12.1 Å². The van der Waals surface area contributed by atoms with Crippen molar-refractivity contribution in [1.29, 1.82) is 0 Å². The Morgan fingerprint density at radius 2 is 1.96 bits per heavy atom. The summed E-state index contributed by atoms with van der Waals surface area (Å²) < 4.78 is 10.5. The summed E-state index contributed by atoms with van der Waals surface area (Å²) in [4.78, 5) is 30.9. The van der Waals surface area contributed by atoms with Crippen LogP contribution in [0.1, 0.15) is 57.8 Å². The summed E-state index contributed by atoms with van der Waals surface area (Å²) in [5, 5.41) is 0. The van der Waals surface area contributed by atoms with Gasteiger partial charge in [-0.1, -0.05) is 26.0 Å². The molecule has 0 saturated heterocycles. The van der Waals surface area contributed by atoms with Crippen LogP contribution < -0.4 is 0 Å². The summed E-state index contributed by atoms with van der Waals surface area (Å²) in [7, 11) is 1.31.